The number of rotatable bonds is 5. The second kappa shape index (κ2) is 5.58. The molecular formula is C8H19ISi. The van der Waals surface area contributed by atoms with E-state index in [-0.39, 0.29) is 0 Å². The molecule has 0 N–H and O–H groups in total. The van der Waals surface area contributed by atoms with Gasteiger partial charge in [0.15, 0.2) is 0 Å². The normalized spacial score (nSPS) is 12.0. The van der Waals surface area contributed by atoms with Crippen molar-refractivity contribution in [3.8, 4) is 0 Å². The molecule has 0 fully saturated rings. The van der Waals surface area contributed by atoms with Crippen LogP contribution in [0, 0.1) is 0 Å². The Morgan fingerprint density at radius 3 is 1.50 bits per heavy atom. The van der Waals surface area contributed by atoms with E-state index in [9.17, 15) is 0 Å². The summed E-state index contributed by atoms with van der Waals surface area (Å²) in [6.45, 7) is 7.14. The van der Waals surface area contributed by atoms with Crippen LogP contribution >= 0.6 is 22.6 Å². The number of halogens is 1. The molecule has 0 saturated carbocycles. The van der Waals surface area contributed by atoms with Gasteiger partial charge in [-0.15, -0.1) is 0 Å². The predicted molar refractivity (Wildman–Crippen MR) is 60.9 cm³/mol. The van der Waals surface area contributed by atoms with E-state index in [1.54, 1.807) is 0 Å². The Labute approximate surface area is 79.9 Å². The first-order valence-electron chi connectivity index (χ1n) is 4.30. The van der Waals surface area contributed by atoms with Crippen molar-refractivity contribution in [2.45, 2.75) is 44.9 Å². The zero-order chi connectivity index (χ0) is 8.04. The summed E-state index contributed by atoms with van der Waals surface area (Å²) < 4.78 is 1.37. The second-order valence-corrected chi connectivity index (χ2v) is 9.70. The van der Waals surface area contributed by atoms with E-state index >= 15 is 0 Å². The summed E-state index contributed by atoms with van der Waals surface area (Å²) in [4.78, 5) is 0. The molecule has 0 heterocycles. The fourth-order valence-corrected chi connectivity index (χ4v) is 7.87. The standard InChI is InChI=1S/C8H19ISi/c1-4-10(5-2,6-3)8-7-9/h4-8H2,1-3H3. The Hall–Kier alpha value is 0.947. The highest BCUT2D eigenvalue weighted by molar-refractivity contribution is 14.1. The molecule has 0 aromatic heterocycles. The lowest BCUT2D eigenvalue weighted by molar-refractivity contribution is 1.12. The van der Waals surface area contributed by atoms with E-state index in [2.05, 4.69) is 43.4 Å². The summed E-state index contributed by atoms with van der Waals surface area (Å²) in [6, 6.07) is 6.01. The molecule has 0 radical (unpaired) electrons. The maximum atomic E-state index is 2.52. The lowest BCUT2D eigenvalue weighted by atomic mass is 10.9. The maximum absolute atomic E-state index is 2.52. The molecule has 62 valence electrons. The Morgan fingerprint density at radius 1 is 1.00 bits per heavy atom. The smallest absolute Gasteiger partial charge is 0.0535 e. The predicted octanol–water partition coefficient (Wildman–Crippen LogP) is 3.93. The van der Waals surface area contributed by atoms with Crippen LogP contribution in [0.5, 0.6) is 0 Å². The monoisotopic (exact) mass is 270 g/mol. The molecule has 0 spiro atoms. The highest BCUT2D eigenvalue weighted by Gasteiger charge is 2.24. The van der Waals surface area contributed by atoms with Crippen LogP contribution in [0.3, 0.4) is 0 Å². The van der Waals surface area contributed by atoms with Crippen LogP contribution in [0.25, 0.3) is 0 Å². The van der Waals surface area contributed by atoms with Gasteiger partial charge in [0.25, 0.3) is 0 Å². The van der Waals surface area contributed by atoms with Crippen molar-refractivity contribution < 1.29 is 0 Å². The van der Waals surface area contributed by atoms with Gasteiger partial charge < -0.3 is 0 Å². The molecule has 0 saturated heterocycles. The Kier molecular flexibility index (Phi) is 6.11. The summed E-state index contributed by atoms with van der Waals surface area (Å²) in [5.74, 6) is 0. The van der Waals surface area contributed by atoms with Crippen LogP contribution in [0.2, 0.25) is 24.2 Å². The minimum Gasteiger partial charge on any atom is -0.0867 e. The minimum absolute atomic E-state index is 0.725. The van der Waals surface area contributed by atoms with E-state index in [0.29, 0.717) is 0 Å². The molecule has 0 unspecified atom stereocenters. The van der Waals surface area contributed by atoms with Crippen molar-refractivity contribution in [2.75, 3.05) is 4.43 Å². The van der Waals surface area contributed by atoms with Gasteiger partial charge in [0, 0.05) is 0 Å². The van der Waals surface area contributed by atoms with Crippen molar-refractivity contribution in [1.29, 1.82) is 0 Å². The zero-order valence-corrected chi connectivity index (χ0v) is 10.6. The van der Waals surface area contributed by atoms with E-state index in [0.717, 1.165) is 0 Å². The molecule has 10 heavy (non-hydrogen) atoms. The summed E-state index contributed by atoms with van der Waals surface area (Å²) in [7, 11) is -0.725. The van der Waals surface area contributed by atoms with Crippen LogP contribution in [0.1, 0.15) is 20.8 Å². The fraction of sp³-hybridized carbons (Fsp3) is 1.00. The van der Waals surface area contributed by atoms with Gasteiger partial charge in [0.1, 0.15) is 0 Å². The van der Waals surface area contributed by atoms with Crippen molar-refractivity contribution in [2.24, 2.45) is 0 Å². The van der Waals surface area contributed by atoms with Crippen molar-refractivity contribution >= 4 is 30.7 Å². The van der Waals surface area contributed by atoms with Gasteiger partial charge in [-0.1, -0.05) is 61.5 Å². The van der Waals surface area contributed by atoms with E-state index < -0.39 is 8.07 Å². The van der Waals surface area contributed by atoms with Gasteiger partial charge >= 0.3 is 0 Å². The highest BCUT2D eigenvalue weighted by Crippen LogP contribution is 2.25. The van der Waals surface area contributed by atoms with Crippen LogP contribution < -0.4 is 0 Å². The van der Waals surface area contributed by atoms with Crippen LogP contribution in [0.15, 0.2) is 0 Å². The van der Waals surface area contributed by atoms with Gasteiger partial charge in [0.05, 0.1) is 8.07 Å². The number of hydrogen-bond donors (Lipinski definition) is 0. The third-order valence-corrected chi connectivity index (χ3v) is 10.2. The zero-order valence-electron chi connectivity index (χ0n) is 7.41. The third-order valence-electron chi connectivity index (χ3n) is 2.87. The molecule has 0 nitrogen and oxygen atoms in total. The molecule has 0 aliphatic carbocycles. The average molecular weight is 270 g/mol. The van der Waals surface area contributed by atoms with Gasteiger partial charge in [-0.05, 0) is 10.5 Å². The summed E-state index contributed by atoms with van der Waals surface area (Å²) in [5.41, 5.74) is 0. The molecule has 0 rings (SSSR count). The topological polar surface area (TPSA) is 0 Å². The highest BCUT2D eigenvalue weighted by atomic mass is 127. The largest absolute Gasteiger partial charge is 0.0867 e. The number of alkyl halides is 1. The quantitative estimate of drug-likeness (QED) is 0.403. The van der Waals surface area contributed by atoms with Crippen LogP contribution in [-0.4, -0.2) is 12.5 Å². The first-order chi connectivity index (χ1) is 4.74. The lowest BCUT2D eigenvalue weighted by Gasteiger charge is -2.26. The summed E-state index contributed by atoms with van der Waals surface area (Å²) in [6.07, 6.45) is 0. The average Bonchev–Trinajstić information content (AvgIpc) is 2.01. The molecule has 0 bridgehead atoms. The Morgan fingerprint density at radius 2 is 1.40 bits per heavy atom. The van der Waals surface area contributed by atoms with Crippen molar-refractivity contribution in [3.05, 3.63) is 0 Å². The van der Waals surface area contributed by atoms with E-state index in [1.807, 2.05) is 0 Å². The van der Waals surface area contributed by atoms with Crippen LogP contribution in [-0.2, 0) is 0 Å². The second-order valence-electron chi connectivity index (χ2n) is 3.00. The molecule has 0 aromatic rings. The molecule has 0 amide bonds. The van der Waals surface area contributed by atoms with Gasteiger partial charge in [-0.2, -0.15) is 0 Å². The van der Waals surface area contributed by atoms with Gasteiger partial charge in [-0.3, -0.25) is 0 Å². The van der Waals surface area contributed by atoms with E-state index in [4.69, 9.17) is 0 Å². The molecule has 2 heteroatoms. The summed E-state index contributed by atoms with van der Waals surface area (Å²) in [5, 5.41) is 0. The fourth-order valence-electron chi connectivity index (χ4n) is 1.48. The SMILES string of the molecule is CC[Si](CC)(CC)CCI. The van der Waals surface area contributed by atoms with Crippen LogP contribution in [0.4, 0.5) is 0 Å². The molecular weight excluding hydrogens is 251 g/mol. The van der Waals surface area contributed by atoms with E-state index in [1.165, 1.54) is 28.6 Å². The molecule has 0 atom stereocenters. The third kappa shape index (κ3) is 2.90. The van der Waals surface area contributed by atoms with Gasteiger partial charge in [-0.25, -0.2) is 0 Å². The molecule has 0 aliphatic rings. The van der Waals surface area contributed by atoms with Crippen molar-refractivity contribution in [1.82, 2.24) is 0 Å². The number of hydrogen-bond acceptors (Lipinski definition) is 0. The first kappa shape index (κ1) is 10.9. The summed E-state index contributed by atoms with van der Waals surface area (Å²) >= 11 is 2.52. The Balaban J connectivity index is 3.87. The van der Waals surface area contributed by atoms with Crippen molar-refractivity contribution in [3.63, 3.8) is 0 Å². The van der Waals surface area contributed by atoms with Gasteiger partial charge in [0.2, 0.25) is 0 Å². The first-order valence-corrected chi connectivity index (χ1v) is 8.66. The molecule has 0 aliphatic heterocycles. The minimum atomic E-state index is -0.725. The molecule has 0 aromatic carbocycles. The maximum Gasteiger partial charge on any atom is 0.0535 e. The Bertz CT molecular complexity index is 71.1. The lowest BCUT2D eigenvalue weighted by Crippen LogP contribution is -2.31.